The van der Waals surface area contributed by atoms with Crippen LogP contribution in [-0.2, 0) is 4.79 Å². The van der Waals surface area contributed by atoms with Crippen LogP contribution in [0.1, 0.15) is 26.7 Å². The van der Waals surface area contributed by atoms with E-state index in [9.17, 15) is 4.79 Å². The first kappa shape index (κ1) is 15.4. The highest BCUT2D eigenvalue weighted by Gasteiger charge is 2.17. The first-order valence-corrected chi connectivity index (χ1v) is 7.94. The molecule has 0 unspecified atom stereocenters. The Morgan fingerprint density at radius 3 is 2.74 bits per heavy atom. The SMILES string of the molecule is CCC[C@@H](C)C(=O)Nc1cc2oc3ccccc3c2cc1OC. The van der Waals surface area contributed by atoms with E-state index in [1.807, 2.05) is 43.3 Å². The van der Waals surface area contributed by atoms with Crippen LogP contribution in [0.3, 0.4) is 0 Å². The Hall–Kier alpha value is -2.49. The summed E-state index contributed by atoms with van der Waals surface area (Å²) < 4.78 is 11.3. The maximum atomic E-state index is 12.3. The molecule has 1 N–H and O–H groups in total. The molecule has 23 heavy (non-hydrogen) atoms. The lowest BCUT2D eigenvalue weighted by atomic mass is 10.1. The zero-order valence-electron chi connectivity index (χ0n) is 13.7. The van der Waals surface area contributed by atoms with Crippen molar-refractivity contribution in [2.45, 2.75) is 26.7 Å². The molecule has 0 aliphatic rings. The van der Waals surface area contributed by atoms with Crippen molar-refractivity contribution >= 4 is 33.5 Å². The standard InChI is InChI=1S/C19H21NO3/c1-4-7-12(2)19(21)20-15-11-17-14(10-18(15)22-3)13-8-5-6-9-16(13)23-17/h5-6,8-12H,4,7H2,1-3H3,(H,20,21)/t12-/m1/s1. The zero-order valence-corrected chi connectivity index (χ0v) is 13.7. The number of rotatable bonds is 5. The third-order valence-corrected chi connectivity index (χ3v) is 4.13. The number of nitrogens with one attached hydrogen (secondary N) is 1. The van der Waals surface area contributed by atoms with E-state index in [0.29, 0.717) is 11.4 Å². The van der Waals surface area contributed by atoms with E-state index in [2.05, 4.69) is 12.2 Å². The Morgan fingerprint density at radius 1 is 1.22 bits per heavy atom. The minimum absolute atomic E-state index is 0.000566. The number of para-hydroxylation sites is 1. The quantitative estimate of drug-likeness (QED) is 0.724. The van der Waals surface area contributed by atoms with Crippen LogP contribution in [0.15, 0.2) is 40.8 Å². The van der Waals surface area contributed by atoms with Gasteiger partial charge in [-0.2, -0.15) is 0 Å². The molecule has 1 aromatic heterocycles. The summed E-state index contributed by atoms with van der Waals surface area (Å²) in [7, 11) is 1.61. The molecular formula is C19H21NO3. The molecule has 0 aliphatic heterocycles. The monoisotopic (exact) mass is 311 g/mol. The number of carbonyl (C=O) groups is 1. The molecule has 2 aromatic carbocycles. The molecule has 1 atom stereocenters. The van der Waals surface area contributed by atoms with Gasteiger partial charge in [0, 0.05) is 22.8 Å². The highest BCUT2D eigenvalue weighted by Crippen LogP contribution is 2.36. The summed E-state index contributed by atoms with van der Waals surface area (Å²) >= 11 is 0. The zero-order chi connectivity index (χ0) is 16.4. The predicted octanol–water partition coefficient (Wildman–Crippen LogP) is 4.97. The molecule has 3 rings (SSSR count). The number of hydrogen-bond donors (Lipinski definition) is 1. The second-order valence-corrected chi connectivity index (χ2v) is 5.83. The van der Waals surface area contributed by atoms with Crippen LogP contribution < -0.4 is 10.1 Å². The van der Waals surface area contributed by atoms with Crippen LogP contribution in [-0.4, -0.2) is 13.0 Å². The normalized spacial score (nSPS) is 12.5. The summed E-state index contributed by atoms with van der Waals surface area (Å²) in [5.41, 5.74) is 2.21. The van der Waals surface area contributed by atoms with Crippen LogP contribution in [0.4, 0.5) is 5.69 Å². The minimum atomic E-state index is -0.0314. The number of methoxy groups -OCH3 is 1. The van der Waals surface area contributed by atoms with E-state index in [-0.39, 0.29) is 11.8 Å². The summed E-state index contributed by atoms with van der Waals surface area (Å²) in [5.74, 6) is 0.609. The molecule has 120 valence electrons. The number of amides is 1. The van der Waals surface area contributed by atoms with Gasteiger partial charge in [0.2, 0.25) is 5.91 Å². The van der Waals surface area contributed by atoms with Crippen molar-refractivity contribution in [3.8, 4) is 5.75 Å². The van der Waals surface area contributed by atoms with Crippen molar-refractivity contribution in [3.63, 3.8) is 0 Å². The van der Waals surface area contributed by atoms with Gasteiger partial charge in [0.15, 0.2) is 0 Å². The van der Waals surface area contributed by atoms with E-state index in [4.69, 9.17) is 9.15 Å². The molecule has 0 aliphatic carbocycles. The predicted molar refractivity (Wildman–Crippen MR) is 93.0 cm³/mol. The lowest BCUT2D eigenvalue weighted by molar-refractivity contribution is -0.119. The van der Waals surface area contributed by atoms with Gasteiger partial charge in [-0.3, -0.25) is 4.79 Å². The largest absolute Gasteiger partial charge is 0.495 e. The van der Waals surface area contributed by atoms with Crippen LogP contribution in [0.25, 0.3) is 21.9 Å². The first-order chi connectivity index (χ1) is 11.1. The number of anilines is 1. The van der Waals surface area contributed by atoms with Gasteiger partial charge in [-0.05, 0) is 18.6 Å². The van der Waals surface area contributed by atoms with Crippen molar-refractivity contribution in [2.75, 3.05) is 12.4 Å². The van der Waals surface area contributed by atoms with Crippen molar-refractivity contribution in [2.24, 2.45) is 5.92 Å². The van der Waals surface area contributed by atoms with Gasteiger partial charge in [-0.1, -0.05) is 38.5 Å². The van der Waals surface area contributed by atoms with Crippen molar-refractivity contribution in [1.29, 1.82) is 0 Å². The van der Waals surface area contributed by atoms with E-state index in [1.54, 1.807) is 7.11 Å². The smallest absolute Gasteiger partial charge is 0.227 e. The number of fused-ring (bicyclic) bond motifs is 3. The van der Waals surface area contributed by atoms with Gasteiger partial charge in [0.05, 0.1) is 12.8 Å². The number of ether oxygens (including phenoxy) is 1. The lowest BCUT2D eigenvalue weighted by Crippen LogP contribution is -2.20. The molecule has 0 radical (unpaired) electrons. The van der Waals surface area contributed by atoms with E-state index in [1.165, 1.54) is 0 Å². The summed E-state index contributed by atoms with van der Waals surface area (Å²) in [6, 6.07) is 11.6. The average molecular weight is 311 g/mol. The maximum Gasteiger partial charge on any atom is 0.227 e. The lowest BCUT2D eigenvalue weighted by Gasteiger charge is -2.13. The number of hydrogen-bond acceptors (Lipinski definition) is 3. The fourth-order valence-corrected chi connectivity index (χ4v) is 2.84. The summed E-state index contributed by atoms with van der Waals surface area (Å²) in [4.78, 5) is 12.3. The second-order valence-electron chi connectivity index (χ2n) is 5.83. The minimum Gasteiger partial charge on any atom is -0.495 e. The fourth-order valence-electron chi connectivity index (χ4n) is 2.84. The molecule has 1 amide bonds. The molecular weight excluding hydrogens is 290 g/mol. The molecule has 4 nitrogen and oxygen atoms in total. The third kappa shape index (κ3) is 2.89. The number of carbonyl (C=O) groups excluding carboxylic acids is 1. The van der Waals surface area contributed by atoms with Crippen LogP contribution >= 0.6 is 0 Å². The molecule has 4 heteroatoms. The van der Waals surface area contributed by atoms with E-state index in [0.717, 1.165) is 34.8 Å². The van der Waals surface area contributed by atoms with Crippen molar-refractivity contribution in [3.05, 3.63) is 36.4 Å². The molecule has 3 aromatic rings. The Morgan fingerprint density at radius 2 is 2.00 bits per heavy atom. The van der Waals surface area contributed by atoms with Gasteiger partial charge in [-0.15, -0.1) is 0 Å². The molecule has 0 fully saturated rings. The van der Waals surface area contributed by atoms with Crippen LogP contribution in [0.5, 0.6) is 5.75 Å². The molecule has 0 bridgehead atoms. The first-order valence-electron chi connectivity index (χ1n) is 7.94. The highest BCUT2D eigenvalue weighted by atomic mass is 16.5. The Kier molecular flexibility index (Phi) is 4.24. The van der Waals surface area contributed by atoms with Gasteiger partial charge in [0.25, 0.3) is 0 Å². The van der Waals surface area contributed by atoms with Crippen molar-refractivity contribution in [1.82, 2.24) is 0 Å². The van der Waals surface area contributed by atoms with E-state index < -0.39 is 0 Å². The Bertz CT molecular complexity index is 850. The maximum absolute atomic E-state index is 12.3. The molecule has 0 saturated heterocycles. The number of furan rings is 1. The summed E-state index contributed by atoms with van der Waals surface area (Å²) in [6.45, 7) is 4.01. The van der Waals surface area contributed by atoms with Gasteiger partial charge in [-0.25, -0.2) is 0 Å². The fraction of sp³-hybridized carbons (Fsp3) is 0.316. The van der Waals surface area contributed by atoms with Crippen LogP contribution in [0, 0.1) is 5.92 Å². The molecule has 0 spiro atoms. The highest BCUT2D eigenvalue weighted by molar-refractivity contribution is 6.07. The molecule has 0 saturated carbocycles. The second kappa shape index (κ2) is 6.32. The van der Waals surface area contributed by atoms with Crippen LogP contribution in [0.2, 0.25) is 0 Å². The van der Waals surface area contributed by atoms with Gasteiger partial charge >= 0.3 is 0 Å². The Labute approximate surface area is 135 Å². The van der Waals surface area contributed by atoms with Gasteiger partial charge < -0.3 is 14.5 Å². The van der Waals surface area contributed by atoms with E-state index >= 15 is 0 Å². The summed E-state index contributed by atoms with van der Waals surface area (Å²) in [6.07, 6.45) is 1.84. The van der Waals surface area contributed by atoms with Gasteiger partial charge in [0.1, 0.15) is 16.9 Å². The number of benzene rings is 2. The average Bonchev–Trinajstić information content (AvgIpc) is 2.91. The van der Waals surface area contributed by atoms with Crippen molar-refractivity contribution < 1.29 is 13.9 Å². The third-order valence-electron chi connectivity index (χ3n) is 4.13. The summed E-state index contributed by atoms with van der Waals surface area (Å²) in [5, 5.41) is 4.98. The topological polar surface area (TPSA) is 51.5 Å². The molecule has 1 heterocycles. The Balaban J connectivity index is 2.03.